The maximum atomic E-state index is 12.8. The number of halogens is 4. The van der Waals surface area contributed by atoms with Crippen molar-refractivity contribution in [1.29, 1.82) is 0 Å². The summed E-state index contributed by atoms with van der Waals surface area (Å²) < 4.78 is 37.7. The van der Waals surface area contributed by atoms with Crippen molar-refractivity contribution in [3.8, 4) is 0 Å². The van der Waals surface area contributed by atoms with E-state index in [0.29, 0.717) is 0 Å². The van der Waals surface area contributed by atoms with Gasteiger partial charge in [0.1, 0.15) is 5.82 Å². The van der Waals surface area contributed by atoms with Gasteiger partial charge in [-0.25, -0.2) is 13.2 Å². The molecule has 0 saturated heterocycles. The normalized spacial score (nSPS) is 10.7. The van der Waals surface area contributed by atoms with Crippen LogP contribution >= 0.6 is 11.6 Å². The van der Waals surface area contributed by atoms with Gasteiger partial charge in [0.05, 0.1) is 10.6 Å². The number of alkyl halides is 2. The fourth-order valence-electron chi connectivity index (χ4n) is 1.09. The van der Waals surface area contributed by atoms with Crippen LogP contribution in [-0.4, -0.2) is 5.78 Å². The molecule has 5 heteroatoms. The number of hydrogen-bond acceptors (Lipinski definition) is 1. The van der Waals surface area contributed by atoms with Crippen molar-refractivity contribution in [1.82, 2.24) is 0 Å². The lowest BCUT2D eigenvalue weighted by Gasteiger charge is -2.08. The zero-order valence-corrected chi connectivity index (χ0v) is 7.91. The highest BCUT2D eigenvalue weighted by molar-refractivity contribution is 6.32. The van der Waals surface area contributed by atoms with Crippen LogP contribution in [0, 0.1) is 5.82 Å². The van der Waals surface area contributed by atoms with Crippen molar-refractivity contribution in [3.05, 3.63) is 34.1 Å². The number of hydrogen-bond donors (Lipinski definition) is 0. The van der Waals surface area contributed by atoms with Crippen LogP contribution in [0.4, 0.5) is 13.2 Å². The maximum Gasteiger partial charge on any atom is 0.266 e. The number of benzene rings is 1. The first kappa shape index (κ1) is 11.0. The molecule has 0 aliphatic carbocycles. The van der Waals surface area contributed by atoms with Crippen LogP contribution in [0.2, 0.25) is 5.02 Å². The molecule has 1 rings (SSSR count). The van der Waals surface area contributed by atoms with Gasteiger partial charge < -0.3 is 0 Å². The van der Waals surface area contributed by atoms with Crippen LogP contribution in [0.25, 0.3) is 0 Å². The number of Topliss-reactive ketones (excluding diaryl/α,β-unsaturated/α-hetero) is 1. The second-order valence-electron chi connectivity index (χ2n) is 2.68. The minimum absolute atomic E-state index is 0.244. The van der Waals surface area contributed by atoms with Crippen molar-refractivity contribution in [2.75, 3.05) is 0 Å². The minimum atomic E-state index is -2.96. The van der Waals surface area contributed by atoms with E-state index in [1.165, 1.54) is 0 Å². The second kappa shape index (κ2) is 4.00. The van der Waals surface area contributed by atoms with Gasteiger partial charge in [-0.15, -0.1) is 0 Å². The molecule has 1 aromatic carbocycles. The fourth-order valence-corrected chi connectivity index (χ4v) is 1.33. The monoisotopic (exact) mass is 222 g/mol. The van der Waals surface area contributed by atoms with E-state index in [9.17, 15) is 18.0 Å². The van der Waals surface area contributed by atoms with Gasteiger partial charge in [-0.1, -0.05) is 11.6 Å². The largest absolute Gasteiger partial charge is 0.294 e. The summed E-state index contributed by atoms with van der Waals surface area (Å²) in [5, 5.41) is -0.687. The average Bonchev–Trinajstić information content (AvgIpc) is 2.08. The van der Waals surface area contributed by atoms with E-state index in [0.717, 1.165) is 19.1 Å². The molecule has 0 atom stereocenters. The zero-order chi connectivity index (χ0) is 10.9. The standard InChI is InChI=1S/C9H6ClF3O/c1-4(14)5-2-3-6(11)8(10)7(5)9(12)13/h2-3,9H,1H3. The summed E-state index contributed by atoms with van der Waals surface area (Å²) in [6.45, 7) is 1.12. The van der Waals surface area contributed by atoms with Gasteiger partial charge in [-0.05, 0) is 19.1 Å². The highest BCUT2D eigenvalue weighted by Gasteiger charge is 2.21. The van der Waals surface area contributed by atoms with E-state index in [1.807, 2.05) is 0 Å². The van der Waals surface area contributed by atoms with Gasteiger partial charge in [-0.3, -0.25) is 4.79 Å². The summed E-state index contributed by atoms with van der Waals surface area (Å²) >= 11 is 5.33. The Hall–Kier alpha value is -1.03. The number of rotatable bonds is 2. The number of ketones is 1. The van der Waals surface area contributed by atoms with Crippen molar-refractivity contribution in [2.45, 2.75) is 13.3 Å². The topological polar surface area (TPSA) is 17.1 Å². The van der Waals surface area contributed by atoms with Crippen LogP contribution in [0.1, 0.15) is 29.3 Å². The van der Waals surface area contributed by atoms with E-state index in [4.69, 9.17) is 11.6 Å². The molecule has 14 heavy (non-hydrogen) atoms. The molecule has 0 unspecified atom stereocenters. The summed E-state index contributed by atoms with van der Waals surface area (Å²) in [6, 6.07) is 1.90. The van der Waals surface area contributed by atoms with E-state index in [-0.39, 0.29) is 5.56 Å². The molecule has 0 aliphatic heterocycles. The lowest BCUT2D eigenvalue weighted by atomic mass is 10.0. The van der Waals surface area contributed by atoms with Crippen LogP contribution in [0.5, 0.6) is 0 Å². The Balaban J connectivity index is 3.45. The van der Waals surface area contributed by atoms with Crippen LogP contribution < -0.4 is 0 Å². The third-order valence-corrected chi connectivity index (χ3v) is 2.11. The van der Waals surface area contributed by atoms with Gasteiger partial charge in [0, 0.05) is 5.56 Å². The van der Waals surface area contributed by atoms with E-state index in [2.05, 4.69) is 0 Å². The second-order valence-corrected chi connectivity index (χ2v) is 3.06. The average molecular weight is 223 g/mol. The van der Waals surface area contributed by atoms with Crippen molar-refractivity contribution >= 4 is 17.4 Å². The predicted molar refractivity (Wildman–Crippen MR) is 46.4 cm³/mol. The molecule has 0 N–H and O–H groups in total. The lowest BCUT2D eigenvalue weighted by Crippen LogP contribution is -2.02. The molecule has 1 nitrogen and oxygen atoms in total. The van der Waals surface area contributed by atoms with E-state index < -0.39 is 28.6 Å². The first-order valence-corrected chi connectivity index (χ1v) is 4.10. The van der Waals surface area contributed by atoms with Crippen LogP contribution in [0.15, 0.2) is 12.1 Å². The molecule has 0 aliphatic rings. The van der Waals surface area contributed by atoms with E-state index in [1.54, 1.807) is 0 Å². The molecule has 0 amide bonds. The van der Waals surface area contributed by atoms with Gasteiger partial charge in [0.2, 0.25) is 0 Å². The maximum absolute atomic E-state index is 12.8. The molecule has 1 aromatic rings. The molecular weight excluding hydrogens is 217 g/mol. The Bertz CT molecular complexity index is 377. The number of carbonyl (C=O) groups excluding carboxylic acids is 1. The van der Waals surface area contributed by atoms with Gasteiger partial charge in [-0.2, -0.15) is 0 Å². The van der Waals surface area contributed by atoms with Gasteiger partial charge in [0.25, 0.3) is 6.43 Å². The molecule has 0 spiro atoms. The summed E-state index contributed by atoms with van der Waals surface area (Å²) in [5.74, 6) is -1.52. The molecule has 0 radical (unpaired) electrons. The van der Waals surface area contributed by atoms with E-state index >= 15 is 0 Å². The minimum Gasteiger partial charge on any atom is -0.294 e. The zero-order valence-electron chi connectivity index (χ0n) is 7.15. The Morgan fingerprint density at radius 2 is 2.00 bits per heavy atom. The molecule has 0 saturated carbocycles. The van der Waals surface area contributed by atoms with Crippen molar-refractivity contribution < 1.29 is 18.0 Å². The Kier molecular flexibility index (Phi) is 3.16. The lowest BCUT2D eigenvalue weighted by molar-refractivity contribution is 0.0999. The van der Waals surface area contributed by atoms with Crippen molar-refractivity contribution in [3.63, 3.8) is 0 Å². The molecule has 0 heterocycles. The molecular formula is C9H6ClF3O. The molecule has 76 valence electrons. The molecule has 0 bridgehead atoms. The summed E-state index contributed by atoms with van der Waals surface area (Å²) in [6.07, 6.45) is -2.96. The Labute approximate surface area is 83.5 Å². The summed E-state index contributed by atoms with van der Waals surface area (Å²) in [7, 11) is 0. The third kappa shape index (κ3) is 1.90. The predicted octanol–water partition coefficient (Wildman–Crippen LogP) is 3.62. The van der Waals surface area contributed by atoms with Gasteiger partial charge in [0.15, 0.2) is 5.78 Å². The highest BCUT2D eigenvalue weighted by atomic mass is 35.5. The quantitative estimate of drug-likeness (QED) is 0.699. The molecule has 0 fully saturated rings. The number of carbonyl (C=O) groups is 1. The highest BCUT2D eigenvalue weighted by Crippen LogP contribution is 2.32. The third-order valence-electron chi connectivity index (χ3n) is 1.73. The fraction of sp³-hybridized carbons (Fsp3) is 0.222. The summed E-state index contributed by atoms with van der Waals surface area (Å²) in [5.41, 5.74) is -0.981. The van der Waals surface area contributed by atoms with Gasteiger partial charge >= 0.3 is 0 Å². The first-order valence-electron chi connectivity index (χ1n) is 3.72. The van der Waals surface area contributed by atoms with Crippen LogP contribution in [-0.2, 0) is 0 Å². The summed E-state index contributed by atoms with van der Waals surface area (Å²) in [4.78, 5) is 10.9. The smallest absolute Gasteiger partial charge is 0.266 e. The Morgan fingerprint density at radius 3 is 2.43 bits per heavy atom. The van der Waals surface area contributed by atoms with Crippen LogP contribution in [0.3, 0.4) is 0 Å². The first-order chi connectivity index (χ1) is 6.45. The SMILES string of the molecule is CC(=O)c1ccc(F)c(Cl)c1C(F)F. The molecule has 0 aromatic heterocycles. The Morgan fingerprint density at radius 1 is 1.43 bits per heavy atom. The van der Waals surface area contributed by atoms with Crippen molar-refractivity contribution in [2.24, 2.45) is 0 Å².